The van der Waals surface area contributed by atoms with Crippen molar-refractivity contribution in [1.82, 2.24) is 0 Å². The summed E-state index contributed by atoms with van der Waals surface area (Å²) in [6.45, 7) is 4.28. The quantitative estimate of drug-likeness (QED) is 0.250. The van der Waals surface area contributed by atoms with Gasteiger partial charge in [0.25, 0.3) is 0 Å². The molecule has 0 N–H and O–H groups in total. The van der Waals surface area contributed by atoms with Crippen LogP contribution in [0.4, 0.5) is 0 Å². The van der Waals surface area contributed by atoms with E-state index in [-0.39, 0.29) is 5.97 Å². The average molecular weight is 280 g/mol. The Hall–Kier alpha value is -1.05. The number of carbonyl (C=O) groups is 1. The van der Waals surface area contributed by atoms with Gasteiger partial charge in [-0.25, -0.2) is 0 Å². The van der Waals surface area contributed by atoms with Gasteiger partial charge in [0.05, 0.1) is 6.61 Å². The molecule has 0 saturated carbocycles. The number of allylic oxidation sites excluding steroid dienone is 4. The number of carbonyl (C=O) groups excluding carboxylic acids is 1. The fourth-order valence-corrected chi connectivity index (χ4v) is 1.97. The highest BCUT2D eigenvalue weighted by Crippen LogP contribution is 2.06. The van der Waals surface area contributed by atoms with E-state index in [2.05, 4.69) is 31.2 Å². The molecule has 0 aromatic heterocycles. The van der Waals surface area contributed by atoms with Crippen molar-refractivity contribution in [2.24, 2.45) is 0 Å². The Morgan fingerprint density at radius 1 is 0.850 bits per heavy atom. The van der Waals surface area contributed by atoms with Gasteiger partial charge in [-0.3, -0.25) is 4.79 Å². The molecule has 0 unspecified atom stereocenters. The molecule has 2 heteroatoms. The van der Waals surface area contributed by atoms with Gasteiger partial charge in [0, 0.05) is 6.92 Å². The van der Waals surface area contributed by atoms with Crippen LogP contribution in [0.15, 0.2) is 24.3 Å². The number of esters is 1. The Morgan fingerprint density at radius 2 is 1.40 bits per heavy atom. The maximum Gasteiger partial charge on any atom is 0.302 e. The molecule has 0 aromatic rings. The van der Waals surface area contributed by atoms with E-state index in [0.717, 1.165) is 12.8 Å². The van der Waals surface area contributed by atoms with Crippen molar-refractivity contribution < 1.29 is 9.53 Å². The van der Waals surface area contributed by atoms with Crippen LogP contribution in [-0.2, 0) is 9.53 Å². The summed E-state index contributed by atoms with van der Waals surface area (Å²) in [5.41, 5.74) is 0. The molecule has 0 spiro atoms. The second kappa shape index (κ2) is 16.0. The third-order valence-electron chi connectivity index (χ3n) is 3.18. The zero-order valence-electron chi connectivity index (χ0n) is 13.4. The summed E-state index contributed by atoms with van der Waals surface area (Å²) in [6, 6.07) is 0. The van der Waals surface area contributed by atoms with Gasteiger partial charge in [-0.05, 0) is 32.1 Å². The molecule has 0 aliphatic heterocycles. The minimum atomic E-state index is -0.169. The Labute approximate surface area is 125 Å². The SMILES string of the molecule is CCCCCC=CC=CCCCCCCCOC(C)=O. The first kappa shape index (κ1) is 18.9. The molecule has 0 aliphatic carbocycles. The summed E-state index contributed by atoms with van der Waals surface area (Å²) in [4.78, 5) is 10.5. The molecular formula is C18H32O2. The molecule has 0 fully saturated rings. The van der Waals surface area contributed by atoms with Crippen molar-refractivity contribution in [3.63, 3.8) is 0 Å². The van der Waals surface area contributed by atoms with Crippen LogP contribution >= 0.6 is 0 Å². The molecule has 0 rings (SSSR count). The second-order valence-corrected chi connectivity index (χ2v) is 5.25. The van der Waals surface area contributed by atoms with E-state index in [1.807, 2.05) is 0 Å². The molecule has 0 radical (unpaired) electrons. The van der Waals surface area contributed by atoms with Crippen LogP contribution in [0.25, 0.3) is 0 Å². The molecule has 0 atom stereocenters. The second-order valence-electron chi connectivity index (χ2n) is 5.25. The number of unbranched alkanes of at least 4 members (excludes halogenated alkanes) is 8. The Balaban J connectivity index is 3.17. The van der Waals surface area contributed by atoms with Crippen molar-refractivity contribution >= 4 is 5.97 Å². The zero-order chi connectivity index (χ0) is 14.9. The third kappa shape index (κ3) is 16.9. The van der Waals surface area contributed by atoms with E-state index in [0.29, 0.717) is 6.61 Å². The normalized spacial score (nSPS) is 11.5. The summed E-state index contributed by atoms with van der Waals surface area (Å²) in [6.07, 6.45) is 21.1. The summed E-state index contributed by atoms with van der Waals surface area (Å²) < 4.78 is 4.89. The average Bonchev–Trinajstić information content (AvgIpc) is 2.43. The van der Waals surface area contributed by atoms with E-state index >= 15 is 0 Å². The van der Waals surface area contributed by atoms with E-state index in [1.54, 1.807) is 0 Å². The van der Waals surface area contributed by atoms with Gasteiger partial charge in [0.15, 0.2) is 0 Å². The van der Waals surface area contributed by atoms with Crippen molar-refractivity contribution in [2.45, 2.75) is 78.1 Å². The van der Waals surface area contributed by atoms with E-state index in [1.165, 1.54) is 58.3 Å². The largest absolute Gasteiger partial charge is 0.466 e. The molecule has 116 valence electrons. The minimum Gasteiger partial charge on any atom is -0.466 e. The number of rotatable bonds is 13. The van der Waals surface area contributed by atoms with E-state index in [4.69, 9.17) is 4.74 Å². The van der Waals surface area contributed by atoms with Gasteiger partial charge in [0.1, 0.15) is 0 Å². The molecule has 0 aliphatic rings. The lowest BCUT2D eigenvalue weighted by Crippen LogP contribution is -1.99. The van der Waals surface area contributed by atoms with Gasteiger partial charge in [-0.1, -0.05) is 63.3 Å². The fraction of sp³-hybridized carbons (Fsp3) is 0.722. The number of hydrogen-bond donors (Lipinski definition) is 0. The summed E-state index contributed by atoms with van der Waals surface area (Å²) in [5, 5.41) is 0. The maximum atomic E-state index is 10.5. The van der Waals surface area contributed by atoms with Crippen LogP contribution < -0.4 is 0 Å². The lowest BCUT2D eigenvalue weighted by Gasteiger charge is -2.01. The summed E-state index contributed by atoms with van der Waals surface area (Å²) >= 11 is 0. The van der Waals surface area contributed by atoms with Crippen LogP contribution in [0.3, 0.4) is 0 Å². The number of ether oxygens (including phenoxy) is 1. The van der Waals surface area contributed by atoms with Crippen molar-refractivity contribution in [3.8, 4) is 0 Å². The predicted octanol–water partition coefficient (Wildman–Crippen LogP) is 5.58. The molecular weight excluding hydrogens is 248 g/mol. The van der Waals surface area contributed by atoms with Crippen molar-refractivity contribution in [1.29, 1.82) is 0 Å². The first-order valence-corrected chi connectivity index (χ1v) is 8.22. The van der Waals surface area contributed by atoms with Crippen LogP contribution in [0.2, 0.25) is 0 Å². The van der Waals surface area contributed by atoms with Crippen molar-refractivity contribution in [3.05, 3.63) is 24.3 Å². The Kier molecular flexibility index (Phi) is 15.2. The highest BCUT2D eigenvalue weighted by molar-refractivity contribution is 5.65. The van der Waals surface area contributed by atoms with Gasteiger partial charge in [0.2, 0.25) is 0 Å². The van der Waals surface area contributed by atoms with Crippen LogP contribution in [-0.4, -0.2) is 12.6 Å². The monoisotopic (exact) mass is 280 g/mol. The Bertz CT molecular complexity index is 267. The number of hydrogen-bond acceptors (Lipinski definition) is 2. The zero-order valence-corrected chi connectivity index (χ0v) is 13.4. The smallest absolute Gasteiger partial charge is 0.302 e. The van der Waals surface area contributed by atoms with Crippen LogP contribution in [0.1, 0.15) is 78.1 Å². The lowest BCUT2D eigenvalue weighted by molar-refractivity contribution is -0.141. The predicted molar refractivity (Wildman–Crippen MR) is 86.8 cm³/mol. The van der Waals surface area contributed by atoms with Gasteiger partial charge in [-0.15, -0.1) is 0 Å². The third-order valence-corrected chi connectivity index (χ3v) is 3.18. The van der Waals surface area contributed by atoms with Crippen LogP contribution in [0, 0.1) is 0 Å². The van der Waals surface area contributed by atoms with E-state index < -0.39 is 0 Å². The molecule has 0 heterocycles. The summed E-state index contributed by atoms with van der Waals surface area (Å²) in [7, 11) is 0. The van der Waals surface area contributed by atoms with Crippen molar-refractivity contribution in [2.75, 3.05) is 6.61 Å². The standard InChI is InChI=1S/C18H32O2/c1-3-4-5-6-7-8-9-10-11-12-13-14-15-16-17-20-18(2)19/h7-10H,3-6,11-17H2,1-2H3. The van der Waals surface area contributed by atoms with Crippen LogP contribution in [0.5, 0.6) is 0 Å². The molecule has 2 nitrogen and oxygen atoms in total. The first-order chi connectivity index (χ1) is 9.77. The maximum absolute atomic E-state index is 10.5. The van der Waals surface area contributed by atoms with E-state index in [9.17, 15) is 4.79 Å². The minimum absolute atomic E-state index is 0.169. The molecule has 0 amide bonds. The highest BCUT2D eigenvalue weighted by atomic mass is 16.5. The fourth-order valence-electron chi connectivity index (χ4n) is 1.97. The lowest BCUT2D eigenvalue weighted by atomic mass is 10.1. The van der Waals surface area contributed by atoms with Gasteiger partial charge in [-0.2, -0.15) is 0 Å². The highest BCUT2D eigenvalue weighted by Gasteiger charge is 1.93. The van der Waals surface area contributed by atoms with Gasteiger partial charge >= 0.3 is 5.97 Å². The topological polar surface area (TPSA) is 26.3 Å². The molecule has 20 heavy (non-hydrogen) atoms. The summed E-state index contributed by atoms with van der Waals surface area (Å²) in [5.74, 6) is -0.169. The van der Waals surface area contributed by atoms with Gasteiger partial charge < -0.3 is 4.74 Å². The molecule has 0 bridgehead atoms. The Morgan fingerprint density at radius 3 is 2.00 bits per heavy atom. The molecule has 0 saturated heterocycles. The molecule has 0 aromatic carbocycles. The first-order valence-electron chi connectivity index (χ1n) is 8.22.